The zero-order chi connectivity index (χ0) is 33.7. The van der Waals surface area contributed by atoms with E-state index in [1.54, 1.807) is 0 Å². The Hall–Kier alpha value is -6.84. The zero-order valence-electron chi connectivity index (χ0n) is 27.9. The van der Waals surface area contributed by atoms with Gasteiger partial charge < -0.3 is 14.0 Å². The van der Waals surface area contributed by atoms with Crippen molar-refractivity contribution in [3.63, 3.8) is 0 Å². The standard InChI is InChI=1S/C48H33N3/c1-4-15-36(16-5-1)49(37-17-6-2-7-18-37)39-21-14-22-40(33-39)51-46-26-13-11-24-42(46)44-30-28-35(32-48(44)51)34-27-29-43-41-23-10-12-25-45(41)50(47(43)31-34)38-19-8-3-9-20-38/h1-33H. The van der Waals surface area contributed by atoms with Crippen molar-refractivity contribution in [3.8, 4) is 22.5 Å². The lowest BCUT2D eigenvalue weighted by Crippen LogP contribution is -2.10. The van der Waals surface area contributed by atoms with Crippen LogP contribution >= 0.6 is 0 Å². The van der Waals surface area contributed by atoms with E-state index in [9.17, 15) is 0 Å². The van der Waals surface area contributed by atoms with E-state index in [4.69, 9.17) is 0 Å². The van der Waals surface area contributed by atoms with Gasteiger partial charge in [-0.25, -0.2) is 0 Å². The third-order valence-corrected chi connectivity index (χ3v) is 10.1. The molecule has 0 saturated heterocycles. The van der Waals surface area contributed by atoms with E-state index in [0.717, 1.165) is 28.4 Å². The van der Waals surface area contributed by atoms with Crippen molar-refractivity contribution in [2.75, 3.05) is 4.90 Å². The lowest BCUT2D eigenvalue weighted by molar-refractivity contribution is 1.17. The summed E-state index contributed by atoms with van der Waals surface area (Å²) < 4.78 is 4.81. The van der Waals surface area contributed by atoms with E-state index in [-0.39, 0.29) is 0 Å². The molecule has 0 aliphatic heterocycles. The third-order valence-electron chi connectivity index (χ3n) is 10.1. The first kappa shape index (κ1) is 29.1. The van der Waals surface area contributed by atoms with Crippen LogP contribution in [0.15, 0.2) is 200 Å². The number of aromatic nitrogens is 2. The molecule has 0 fully saturated rings. The summed E-state index contributed by atoms with van der Waals surface area (Å²) in [5.41, 5.74) is 12.8. The van der Waals surface area contributed by atoms with Gasteiger partial charge in [-0.3, -0.25) is 0 Å². The van der Waals surface area contributed by atoms with E-state index in [0.29, 0.717) is 0 Å². The number of nitrogens with zero attached hydrogens (tertiary/aromatic N) is 3. The van der Waals surface area contributed by atoms with Crippen LogP contribution in [-0.2, 0) is 0 Å². The Balaban J connectivity index is 1.17. The predicted molar refractivity (Wildman–Crippen MR) is 215 cm³/mol. The summed E-state index contributed by atoms with van der Waals surface area (Å²) in [7, 11) is 0. The second-order valence-corrected chi connectivity index (χ2v) is 13.0. The van der Waals surface area contributed by atoms with Gasteiger partial charge in [0, 0.05) is 50.0 Å². The Bertz CT molecular complexity index is 2810. The quantitative estimate of drug-likeness (QED) is 0.174. The SMILES string of the molecule is c1ccc(N(c2ccccc2)c2cccc(-n3c4ccccc4c4ccc(-c5ccc6c7ccccc7n(-c7ccccc7)c6c5)cc43)c2)cc1. The number of anilines is 3. The Morgan fingerprint density at radius 1 is 0.275 bits per heavy atom. The Morgan fingerprint density at radius 3 is 1.24 bits per heavy atom. The van der Waals surface area contributed by atoms with Crippen molar-refractivity contribution in [2.24, 2.45) is 0 Å². The summed E-state index contributed by atoms with van der Waals surface area (Å²) in [5, 5.41) is 5.00. The molecule has 0 radical (unpaired) electrons. The van der Waals surface area contributed by atoms with Gasteiger partial charge in [-0.1, -0.05) is 121 Å². The van der Waals surface area contributed by atoms with Crippen LogP contribution in [0.4, 0.5) is 17.1 Å². The number of fused-ring (bicyclic) bond motifs is 6. The molecule has 2 aromatic heterocycles. The lowest BCUT2D eigenvalue weighted by atomic mass is 10.0. The molecule has 51 heavy (non-hydrogen) atoms. The Kier molecular flexibility index (Phi) is 6.81. The zero-order valence-corrected chi connectivity index (χ0v) is 27.9. The Morgan fingerprint density at radius 2 is 0.686 bits per heavy atom. The van der Waals surface area contributed by atoms with Crippen molar-refractivity contribution in [1.82, 2.24) is 9.13 Å². The van der Waals surface area contributed by atoms with Crippen LogP contribution in [-0.4, -0.2) is 9.13 Å². The normalized spacial score (nSPS) is 11.5. The second kappa shape index (κ2) is 11.9. The first-order valence-electron chi connectivity index (χ1n) is 17.4. The molecule has 0 spiro atoms. The fraction of sp³-hybridized carbons (Fsp3) is 0. The fourth-order valence-corrected chi connectivity index (χ4v) is 7.81. The maximum Gasteiger partial charge on any atom is 0.0547 e. The van der Waals surface area contributed by atoms with Crippen molar-refractivity contribution in [2.45, 2.75) is 0 Å². The van der Waals surface area contributed by atoms with Crippen LogP contribution in [0.3, 0.4) is 0 Å². The highest BCUT2D eigenvalue weighted by Crippen LogP contribution is 2.40. The monoisotopic (exact) mass is 651 g/mol. The summed E-state index contributed by atoms with van der Waals surface area (Å²) in [6.07, 6.45) is 0. The average Bonchev–Trinajstić information content (AvgIpc) is 3.71. The van der Waals surface area contributed by atoms with Gasteiger partial charge in [-0.2, -0.15) is 0 Å². The maximum absolute atomic E-state index is 2.42. The molecule has 3 heteroatoms. The van der Waals surface area contributed by atoms with Crippen LogP contribution in [0.2, 0.25) is 0 Å². The largest absolute Gasteiger partial charge is 0.310 e. The summed E-state index contributed by atoms with van der Waals surface area (Å²) in [4.78, 5) is 2.32. The van der Waals surface area contributed by atoms with Crippen LogP contribution in [0.1, 0.15) is 0 Å². The van der Waals surface area contributed by atoms with Crippen molar-refractivity contribution in [1.29, 1.82) is 0 Å². The van der Waals surface area contributed by atoms with Crippen LogP contribution in [0.5, 0.6) is 0 Å². The molecule has 0 aliphatic rings. The van der Waals surface area contributed by atoms with E-state index >= 15 is 0 Å². The maximum atomic E-state index is 2.42. The summed E-state index contributed by atoms with van der Waals surface area (Å²) in [6.45, 7) is 0. The predicted octanol–water partition coefficient (Wildman–Crippen LogP) is 13.0. The van der Waals surface area contributed by atoms with Crippen LogP contribution in [0.25, 0.3) is 66.1 Å². The van der Waals surface area contributed by atoms with Gasteiger partial charge in [0.2, 0.25) is 0 Å². The fourth-order valence-electron chi connectivity index (χ4n) is 7.81. The van der Waals surface area contributed by atoms with E-state index in [2.05, 4.69) is 214 Å². The molecule has 0 N–H and O–H groups in total. The first-order chi connectivity index (χ1) is 25.3. The summed E-state index contributed by atoms with van der Waals surface area (Å²) >= 11 is 0. The van der Waals surface area contributed by atoms with Crippen LogP contribution < -0.4 is 4.90 Å². The smallest absolute Gasteiger partial charge is 0.0547 e. The van der Waals surface area contributed by atoms with Gasteiger partial charge in [-0.15, -0.1) is 0 Å². The number of rotatable bonds is 6. The summed E-state index contributed by atoms with van der Waals surface area (Å²) in [6, 6.07) is 72.1. The molecule has 0 saturated carbocycles. The van der Waals surface area contributed by atoms with Gasteiger partial charge >= 0.3 is 0 Å². The molecule has 10 rings (SSSR count). The van der Waals surface area contributed by atoms with Gasteiger partial charge in [0.1, 0.15) is 0 Å². The minimum Gasteiger partial charge on any atom is -0.310 e. The second-order valence-electron chi connectivity index (χ2n) is 13.0. The molecule has 10 aromatic rings. The summed E-state index contributed by atoms with van der Waals surface area (Å²) in [5.74, 6) is 0. The highest BCUT2D eigenvalue weighted by Gasteiger charge is 2.18. The number of hydrogen-bond donors (Lipinski definition) is 0. The highest BCUT2D eigenvalue weighted by atomic mass is 15.1. The first-order valence-corrected chi connectivity index (χ1v) is 17.4. The minimum absolute atomic E-state index is 1.10. The number of hydrogen-bond acceptors (Lipinski definition) is 1. The molecular weight excluding hydrogens is 619 g/mol. The van der Waals surface area contributed by atoms with Gasteiger partial charge in [0.25, 0.3) is 0 Å². The average molecular weight is 652 g/mol. The van der Waals surface area contributed by atoms with E-state index in [1.807, 2.05) is 0 Å². The Labute approximate surface area is 296 Å². The van der Waals surface area contributed by atoms with Crippen LogP contribution in [0, 0.1) is 0 Å². The van der Waals surface area contributed by atoms with Crippen molar-refractivity contribution < 1.29 is 0 Å². The molecule has 0 aliphatic carbocycles. The third kappa shape index (κ3) is 4.82. The minimum atomic E-state index is 1.10. The van der Waals surface area contributed by atoms with E-state index in [1.165, 1.54) is 54.7 Å². The van der Waals surface area contributed by atoms with Gasteiger partial charge in [-0.05, 0) is 90.0 Å². The number of benzene rings is 8. The molecule has 0 unspecified atom stereocenters. The molecule has 0 atom stereocenters. The molecule has 2 heterocycles. The van der Waals surface area contributed by atoms with Crippen molar-refractivity contribution in [3.05, 3.63) is 200 Å². The highest BCUT2D eigenvalue weighted by molar-refractivity contribution is 6.12. The van der Waals surface area contributed by atoms with Gasteiger partial charge in [0.05, 0.1) is 22.1 Å². The molecule has 3 nitrogen and oxygen atoms in total. The van der Waals surface area contributed by atoms with Gasteiger partial charge in [0.15, 0.2) is 0 Å². The topological polar surface area (TPSA) is 13.1 Å². The molecule has 0 amide bonds. The van der Waals surface area contributed by atoms with Crippen molar-refractivity contribution >= 4 is 60.7 Å². The molecular formula is C48H33N3. The molecule has 8 aromatic carbocycles. The lowest BCUT2D eigenvalue weighted by Gasteiger charge is -2.26. The van der Waals surface area contributed by atoms with E-state index < -0.39 is 0 Å². The molecule has 0 bridgehead atoms. The number of para-hydroxylation sites is 5. The molecule has 240 valence electrons.